The summed E-state index contributed by atoms with van der Waals surface area (Å²) < 4.78 is 10.4. The van der Waals surface area contributed by atoms with E-state index >= 15 is 0 Å². The summed E-state index contributed by atoms with van der Waals surface area (Å²) in [6, 6.07) is 10.5. The monoisotopic (exact) mass is 349 g/mol. The van der Waals surface area contributed by atoms with Crippen LogP contribution in [0.3, 0.4) is 0 Å². The topological polar surface area (TPSA) is 84.7 Å². The van der Waals surface area contributed by atoms with E-state index < -0.39 is 5.91 Å². The van der Waals surface area contributed by atoms with Crippen molar-refractivity contribution in [3.8, 4) is 5.75 Å². The standard InChI is InChI=1S/C16H16ClN3O4/c17-14-9-13(24-19-14)16(22)18-11-8-15(21)20(10-11)6-7-23-12-4-2-1-3-5-12/h1-5,9,11H,6-8,10H2,(H,18,22). The van der Waals surface area contributed by atoms with Gasteiger partial charge in [0, 0.05) is 19.0 Å². The lowest BCUT2D eigenvalue weighted by Crippen LogP contribution is -2.37. The predicted molar refractivity (Wildman–Crippen MR) is 85.9 cm³/mol. The molecule has 24 heavy (non-hydrogen) atoms. The molecule has 2 heterocycles. The highest BCUT2D eigenvalue weighted by atomic mass is 35.5. The molecule has 1 unspecified atom stereocenters. The van der Waals surface area contributed by atoms with Crippen molar-refractivity contribution in [2.45, 2.75) is 12.5 Å². The van der Waals surface area contributed by atoms with Crippen LogP contribution in [0.2, 0.25) is 5.15 Å². The van der Waals surface area contributed by atoms with E-state index in [0.29, 0.717) is 19.7 Å². The normalized spacial score (nSPS) is 17.1. The van der Waals surface area contributed by atoms with Crippen molar-refractivity contribution >= 4 is 23.4 Å². The molecule has 0 aliphatic carbocycles. The fraction of sp³-hybridized carbons (Fsp3) is 0.312. The van der Waals surface area contributed by atoms with Crippen LogP contribution in [0.5, 0.6) is 5.75 Å². The van der Waals surface area contributed by atoms with Gasteiger partial charge in [0.05, 0.1) is 12.6 Å². The number of nitrogens with one attached hydrogen (secondary N) is 1. The molecule has 1 aliphatic heterocycles. The van der Waals surface area contributed by atoms with Crippen molar-refractivity contribution in [1.29, 1.82) is 0 Å². The van der Waals surface area contributed by atoms with E-state index in [1.54, 1.807) is 4.90 Å². The Bertz CT molecular complexity index is 719. The van der Waals surface area contributed by atoms with Crippen molar-refractivity contribution < 1.29 is 18.8 Å². The first-order valence-electron chi connectivity index (χ1n) is 7.50. The minimum atomic E-state index is -0.436. The van der Waals surface area contributed by atoms with E-state index in [0.717, 1.165) is 5.75 Å². The molecule has 0 spiro atoms. The lowest BCUT2D eigenvalue weighted by atomic mass is 10.2. The average molecular weight is 350 g/mol. The van der Waals surface area contributed by atoms with Gasteiger partial charge in [-0.2, -0.15) is 0 Å². The molecule has 3 rings (SSSR count). The van der Waals surface area contributed by atoms with Crippen LogP contribution in [0, 0.1) is 0 Å². The van der Waals surface area contributed by atoms with E-state index in [1.807, 2.05) is 30.3 Å². The van der Waals surface area contributed by atoms with Gasteiger partial charge < -0.3 is 19.5 Å². The summed E-state index contributed by atoms with van der Waals surface area (Å²) in [5.74, 6) is 0.330. The zero-order chi connectivity index (χ0) is 16.9. The number of hydrogen-bond donors (Lipinski definition) is 1. The summed E-state index contributed by atoms with van der Waals surface area (Å²) in [5.41, 5.74) is 0. The number of nitrogens with zero attached hydrogens (tertiary/aromatic N) is 2. The lowest BCUT2D eigenvalue weighted by molar-refractivity contribution is -0.128. The Morgan fingerprint density at radius 3 is 2.92 bits per heavy atom. The molecule has 0 bridgehead atoms. The molecule has 2 aromatic rings. The molecule has 1 fully saturated rings. The Labute approximate surface area is 143 Å². The summed E-state index contributed by atoms with van der Waals surface area (Å²) >= 11 is 5.61. The number of aromatic nitrogens is 1. The molecule has 126 valence electrons. The molecular formula is C16H16ClN3O4. The second kappa shape index (κ2) is 7.35. The Morgan fingerprint density at radius 1 is 1.42 bits per heavy atom. The first-order valence-corrected chi connectivity index (χ1v) is 7.88. The number of hydrogen-bond acceptors (Lipinski definition) is 5. The van der Waals surface area contributed by atoms with Crippen molar-refractivity contribution in [2.75, 3.05) is 19.7 Å². The third kappa shape index (κ3) is 4.05. The van der Waals surface area contributed by atoms with Gasteiger partial charge in [-0.15, -0.1) is 0 Å². The highest BCUT2D eigenvalue weighted by Gasteiger charge is 2.31. The minimum Gasteiger partial charge on any atom is -0.492 e. The molecule has 7 nitrogen and oxygen atoms in total. The number of rotatable bonds is 6. The van der Waals surface area contributed by atoms with Gasteiger partial charge >= 0.3 is 0 Å². The third-order valence-electron chi connectivity index (χ3n) is 3.63. The first-order chi connectivity index (χ1) is 11.6. The van der Waals surface area contributed by atoms with Gasteiger partial charge in [-0.3, -0.25) is 9.59 Å². The Morgan fingerprint density at radius 2 is 2.21 bits per heavy atom. The average Bonchev–Trinajstić information content (AvgIpc) is 3.15. The van der Waals surface area contributed by atoms with Crippen LogP contribution >= 0.6 is 11.6 Å². The zero-order valence-electron chi connectivity index (χ0n) is 12.8. The Balaban J connectivity index is 1.46. The van der Waals surface area contributed by atoms with Gasteiger partial charge in [-0.05, 0) is 12.1 Å². The van der Waals surface area contributed by atoms with Crippen molar-refractivity contribution in [2.24, 2.45) is 0 Å². The van der Waals surface area contributed by atoms with Crippen molar-refractivity contribution in [1.82, 2.24) is 15.4 Å². The number of benzene rings is 1. The molecule has 1 aliphatic rings. The van der Waals surface area contributed by atoms with Gasteiger partial charge in [-0.1, -0.05) is 35.0 Å². The number of carbonyl (C=O) groups excluding carboxylic acids is 2. The number of para-hydroxylation sites is 1. The van der Waals surface area contributed by atoms with Crippen molar-refractivity contribution in [3.05, 3.63) is 47.3 Å². The van der Waals surface area contributed by atoms with E-state index in [1.165, 1.54) is 6.07 Å². The van der Waals surface area contributed by atoms with Gasteiger partial charge in [0.1, 0.15) is 12.4 Å². The van der Waals surface area contributed by atoms with E-state index in [4.69, 9.17) is 20.9 Å². The summed E-state index contributed by atoms with van der Waals surface area (Å²) in [4.78, 5) is 25.6. The van der Waals surface area contributed by atoms with E-state index in [-0.39, 0.29) is 29.3 Å². The smallest absolute Gasteiger partial charge is 0.290 e. The number of carbonyl (C=O) groups is 2. The highest BCUT2D eigenvalue weighted by molar-refractivity contribution is 6.29. The summed E-state index contributed by atoms with van der Waals surface area (Å²) in [5, 5.41) is 6.30. The van der Waals surface area contributed by atoms with Gasteiger partial charge in [-0.25, -0.2) is 0 Å². The zero-order valence-corrected chi connectivity index (χ0v) is 13.5. The predicted octanol–water partition coefficient (Wildman–Crippen LogP) is 1.74. The Hall–Kier alpha value is -2.54. The molecule has 1 atom stereocenters. The van der Waals surface area contributed by atoms with Crippen LogP contribution in [-0.4, -0.2) is 47.6 Å². The SMILES string of the molecule is O=C(NC1CC(=O)N(CCOc2ccccc2)C1)c1cc(Cl)no1. The molecule has 8 heteroatoms. The van der Waals surface area contributed by atoms with Crippen LogP contribution in [-0.2, 0) is 4.79 Å². The van der Waals surface area contributed by atoms with Crippen LogP contribution in [0.15, 0.2) is 40.9 Å². The molecule has 1 saturated heterocycles. The second-order valence-electron chi connectivity index (χ2n) is 5.39. The van der Waals surface area contributed by atoms with E-state index in [9.17, 15) is 9.59 Å². The summed E-state index contributed by atoms with van der Waals surface area (Å²) in [7, 11) is 0. The number of halogens is 1. The second-order valence-corrected chi connectivity index (χ2v) is 5.78. The largest absolute Gasteiger partial charge is 0.492 e. The maximum atomic E-state index is 12.0. The number of ether oxygens (including phenoxy) is 1. The Kier molecular flexibility index (Phi) is 5.00. The van der Waals surface area contributed by atoms with Crippen LogP contribution in [0.1, 0.15) is 17.0 Å². The molecule has 2 amide bonds. The maximum absolute atomic E-state index is 12.0. The molecule has 1 aromatic carbocycles. The fourth-order valence-electron chi connectivity index (χ4n) is 2.49. The summed E-state index contributed by atoms with van der Waals surface area (Å²) in [6.07, 6.45) is 0.249. The molecular weight excluding hydrogens is 334 g/mol. The fourth-order valence-corrected chi connectivity index (χ4v) is 2.63. The van der Waals surface area contributed by atoms with Gasteiger partial charge in [0.2, 0.25) is 11.7 Å². The maximum Gasteiger partial charge on any atom is 0.290 e. The lowest BCUT2D eigenvalue weighted by Gasteiger charge is -2.17. The van der Waals surface area contributed by atoms with Gasteiger partial charge in [0.15, 0.2) is 5.15 Å². The van der Waals surface area contributed by atoms with Crippen molar-refractivity contribution in [3.63, 3.8) is 0 Å². The molecule has 0 saturated carbocycles. The molecule has 0 radical (unpaired) electrons. The van der Waals surface area contributed by atoms with Gasteiger partial charge in [0.25, 0.3) is 5.91 Å². The van der Waals surface area contributed by atoms with Crippen LogP contribution in [0.4, 0.5) is 0 Å². The number of likely N-dealkylation sites (tertiary alicyclic amines) is 1. The highest BCUT2D eigenvalue weighted by Crippen LogP contribution is 2.14. The van der Waals surface area contributed by atoms with Crippen LogP contribution < -0.4 is 10.1 Å². The third-order valence-corrected chi connectivity index (χ3v) is 3.81. The van der Waals surface area contributed by atoms with E-state index in [2.05, 4.69) is 10.5 Å². The summed E-state index contributed by atoms with van der Waals surface area (Å²) in [6.45, 7) is 1.30. The first kappa shape index (κ1) is 16.3. The quantitative estimate of drug-likeness (QED) is 0.858. The minimum absolute atomic E-state index is 0.0208. The van der Waals surface area contributed by atoms with Crippen LogP contribution in [0.25, 0.3) is 0 Å². The number of amides is 2. The molecule has 1 N–H and O–H groups in total. The molecule has 1 aromatic heterocycles.